The highest BCUT2D eigenvalue weighted by Crippen LogP contribution is 2.29. The number of carbonyl (C=O) groups is 2. The van der Waals surface area contributed by atoms with Gasteiger partial charge in [0, 0.05) is 25.2 Å². The molecule has 114 valence electrons. The van der Waals surface area contributed by atoms with Gasteiger partial charge >= 0.3 is 0 Å². The number of hydrogen-bond acceptors (Lipinski definition) is 3. The highest BCUT2D eigenvalue weighted by molar-refractivity contribution is 6.30. The van der Waals surface area contributed by atoms with Gasteiger partial charge in [0.05, 0.1) is 12.3 Å². The van der Waals surface area contributed by atoms with Crippen molar-refractivity contribution in [2.45, 2.75) is 6.42 Å². The Morgan fingerprint density at radius 1 is 1.57 bits per heavy atom. The van der Waals surface area contributed by atoms with Gasteiger partial charge in [-0.2, -0.15) is 0 Å². The van der Waals surface area contributed by atoms with Crippen LogP contribution in [0.1, 0.15) is 6.42 Å². The number of nitrogens with one attached hydrogen (secondary N) is 1. The standard InChI is InChI=1S/C14H16ClFN2O3/c1-21-7-5-17-13(19)10-4-6-18(14(10)20)12-3-2-9(15)8-11(12)16/h2-3,8,10H,4-7H2,1H3,(H,17,19). The van der Waals surface area contributed by atoms with Crippen LogP contribution in [-0.2, 0) is 14.3 Å². The smallest absolute Gasteiger partial charge is 0.239 e. The number of ether oxygens (including phenoxy) is 1. The molecular weight excluding hydrogens is 299 g/mol. The van der Waals surface area contributed by atoms with Crippen LogP contribution in [0.4, 0.5) is 10.1 Å². The Kier molecular flexibility index (Phi) is 5.14. The molecule has 1 heterocycles. The molecule has 1 unspecified atom stereocenters. The Morgan fingerprint density at radius 2 is 2.33 bits per heavy atom. The van der Waals surface area contributed by atoms with E-state index in [1.54, 1.807) is 0 Å². The molecule has 0 saturated carbocycles. The lowest BCUT2D eigenvalue weighted by molar-refractivity contribution is -0.132. The third-order valence-corrected chi connectivity index (χ3v) is 3.56. The predicted octanol–water partition coefficient (Wildman–Crippen LogP) is 1.59. The van der Waals surface area contributed by atoms with Crippen LogP contribution in [0.15, 0.2) is 18.2 Å². The number of benzene rings is 1. The van der Waals surface area contributed by atoms with Crippen molar-refractivity contribution in [3.63, 3.8) is 0 Å². The summed E-state index contributed by atoms with van der Waals surface area (Å²) in [5, 5.41) is 2.89. The highest BCUT2D eigenvalue weighted by Gasteiger charge is 2.38. The lowest BCUT2D eigenvalue weighted by Gasteiger charge is -2.17. The van der Waals surface area contributed by atoms with E-state index in [-0.39, 0.29) is 16.6 Å². The average molecular weight is 315 g/mol. The molecule has 0 radical (unpaired) electrons. The number of nitrogens with zero attached hydrogens (tertiary/aromatic N) is 1. The zero-order valence-electron chi connectivity index (χ0n) is 11.6. The van der Waals surface area contributed by atoms with Gasteiger partial charge in [-0.15, -0.1) is 0 Å². The van der Waals surface area contributed by atoms with Crippen LogP contribution in [0.25, 0.3) is 0 Å². The summed E-state index contributed by atoms with van der Waals surface area (Å²) in [6, 6.07) is 4.11. The molecule has 5 nitrogen and oxygen atoms in total. The fraction of sp³-hybridized carbons (Fsp3) is 0.429. The Morgan fingerprint density at radius 3 is 3.00 bits per heavy atom. The summed E-state index contributed by atoms with van der Waals surface area (Å²) in [6.45, 7) is 1.02. The number of amides is 2. The summed E-state index contributed by atoms with van der Waals surface area (Å²) in [7, 11) is 1.53. The molecule has 1 N–H and O–H groups in total. The van der Waals surface area contributed by atoms with Gasteiger partial charge in [-0.3, -0.25) is 9.59 Å². The molecular formula is C14H16ClFN2O3. The molecule has 1 saturated heterocycles. The summed E-state index contributed by atoms with van der Waals surface area (Å²) in [6.07, 6.45) is 0.361. The number of rotatable bonds is 5. The fourth-order valence-electron chi connectivity index (χ4n) is 2.26. The minimum atomic E-state index is -0.781. The van der Waals surface area contributed by atoms with E-state index in [0.29, 0.717) is 26.1 Å². The molecule has 1 aliphatic rings. The predicted molar refractivity (Wildman–Crippen MR) is 76.8 cm³/mol. The molecule has 0 aliphatic carbocycles. The maximum atomic E-state index is 13.9. The van der Waals surface area contributed by atoms with E-state index in [9.17, 15) is 14.0 Å². The summed E-state index contributed by atoms with van der Waals surface area (Å²) >= 11 is 5.69. The summed E-state index contributed by atoms with van der Waals surface area (Å²) < 4.78 is 18.7. The first-order valence-corrected chi connectivity index (χ1v) is 6.95. The average Bonchev–Trinajstić information content (AvgIpc) is 2.81. The minimum Gasteiger partial charge on any atom is -0.383 e. The molecule has 1 atom stereocenters. The van der Waals surface area contributed by atoms with Crippen LogP contribution >= 0.6 is 11.6 Å². The number of methoxy groups -OCH3 is 1. The number of hydrogen-bond donors (Lipinski definition) is 1. The molecule has 0 spiro atoms. The Balaban J connectivity index is 2.05. The number of anilines is 1. The van der Waals surface area contributed by atoms with Gasteiger partial charge in [-0.05, 0) is 24.6 Å². The quantitative estimate of drug-likeness (QED) is 0.663. The monoisotopic (exact) mass is 314 g/mol. The first kappa shape index (κ1) is 15.7. The molecule has 21 heavy (non-hydrogen) atoms. The van der Waals surface area contributed by atoms with Crippen LogP contribution in [0.5, 0.6) is 0 Å². The molecule has 0 aromatic heterocycles. The normalized spacial score (nSPS) is 18.1. The lowest BCUT2D eigenvalue weighted by atomic mass is 10.1. The molecule has 0 bridgehead atoms. The second-order valence-electron chi connectivity index (χ2n) is 4.71. The van der Waals surface area contributed by atoms with Gasteiger partial charge in [-0.25, -0.2) is 4.39 Å². The van der Waals surface area contributed by atoms with E-state index in [4.69, 9.17) is 16.3 Å². The molecule has 1 aromatic carbocycles. The van der Waals surface area contributed by atoms with Crippen LogP contribution in [-0.4, -0.2) is 38.6 Å². The van der Waals surface area contributed by atoms with Crippen molar-refractivity contribution >= 4 is 29.1 Å². The summed E-state index contributed by atoms with van der Waals surface area (Å²) in [5.41, 5.74) is 0.150. The first-order chi connectivity index (χ1) is 10.0. The van der Waals surface area contributed by atoms with E-state index < -0.39 is 17.6 Å². The van der Waals surface area contributed by atoms with Crippen molar-refractivity contribution in [1.29, 1.82) is 0 Å². The van der Waals surface area contributed by atoms with Gasteiger partial charge in [0.2, 0.25) is 11.8 Å². The van der Waals surface area contributed by atoms with Crippen LogP contribution < -0.4 is 10.2 Å². The van der Waals surface area contributed by atoms with E-state index in [2.05, 4.69) is 5.32 Å². The molecule has 1 aromatic rings. The van der Waals surface area contributed by atoms with E-state index in [1.807, 2.05) is 0 Å². The van der Waals surface area contributed by atoms with Crippen LogP contribution in [0, 0.1) is 11.7 Å². The van der Waals surface area contributed by atoms with E-state index >= 15 is 0 Å². The van der Waals surface area contributed by atoms with E-state index in [1.165, 1.54) is 24.1 Å². The van der Waals surface area contributed by atoms with Crippen LogP contribution in [0.2, 0.25) is 5.02 Å². The second kappa shape index (κ2) is 6.87. The maximum Gasteiger partial charge on any atom is 0.239 e. The molecule has 7 heteroatoms. The highest BCUT2D eigenvalue weighted by atomic mass is 35.5. The van der Waals surface area contributed by atoms with Crippen molar-refractivity contribution in [3.8, 4) is 0 Å². The van der Waals surface area contributed by atoms with Gasteiger partial charge in [0.15, 0.2) is 0 Å². The zero-order chi connectivity index (χ0) is 15.4. The van der Waals surface area contributed by atoms with Gasteiger partial charge in [0.1, 0.15) is 11.7 Å². The summed E-state index contributed by atoms with van der Waals surface area (Å²) in [4.78, 5) is 25.5. The maximum absolute atomic E-state index is 13.9. The summed E-state index contributed by atoms with van der Waals surface area (Å²) in [5.74, 6) is -2.10. The molecule has 1 fully saturated rings. The minimum absolute atomic E-state index is 0.150. The second-order valence-corrected chi connectivity index (χ2v) is 5.15. The van der Waals surface area contributed by atoms with Gasteiger partial charge in [-0.1, -0.05) is 11.6 Å². The van der Waals surface area contributed by atoms with Crippen molar-refractivity contribution in [3.05, 3.63) is 29.0 Å². The van der Waals surface area contributed by atoms with Crippen molar-refractivity contribution in [2.75, 3.05) is 31.7 Å². The fourth-order valence-corrected chi connectivity index (χ4v) is 2.42. The van der Waals surface area contributed by atoms with Crippen molar-refractivity contribution in [2.24, 2.45) is 5.92 Å². The first-order valence-electron chi connectivity index (χ1n) is 6.57. The molecule has 2 rings (SSSR count). The number of halogens is 2. The van der Waals surface area contributed by atoms with Crippen molar-refractivity contribution in [1.82, 2.24) is 5.32 Å². The van der Waals surface area contributed by atoms with Gasteiger partial charge < -0.3 is 15.0 Å². The Labute approximate surface area is 127 Å². The topological polar surface area (TPSA) is 58.6 Å². The van der Waals surface area contributed by atoms with E-state index in [0.717, 1.165) is 6.07 Å². The Hall–Kier alpha value is -1.66. The lowest BCUT2D eigenvalue weighted by Crippen LogP contribution is -2.38. The molecule has 1 aliphatic heterocycles. The largest absolute Gasteiger partial charge is 0.383 e. The number of carbonyl (C=O) groups excluding carboxylic acids is 2. The Bertz CT molecular complexity index is 553. The zero-order valence-corrected chi connectivity index (χ0v) is 12.3. The third kappa shape index (κ3) is 3.51. The van der Waals surface area contributed by atoms with Gasteiger partial charge in [0.25, 0.3) is 0 Å². The van der Waals surface area contributed by atoms with Crippen molar-refractivity contribution < 1.29 is 18.7 Å². The third-order valence-electron chi connectivity index (χ3n) is 3.33. The SMILES string of the molecule is COCCNC(=O)C1CCN(c2ccc(Cl)cc2F)C1=O. The molecule has 2 amide bonds. The van der Waals surface area contributed by atoms with Crippen LogP contribution in [0.3, 0.4) is 0 Å².